The second-order valence-corrected chi connectivity index (χ2v) is 5.14. The summed E-state index contributed by atoms with van der Waals surface area (Å²) >= 11 is 1.78. The van der Waals surface area contributed by atoms with E-state index in [0.717, 1.165) is 17.1 Å². The summed E-state index contributed by atoms with van der Waals surface area (Å²) < 4.78 is 0. The van der Waals surface area contributed by atoms with Crippen LogP contribution in [-0.4, -0.2) is 17.1 Å². The molecule has 1 heterocycles. The monoisotopic (exact) mass is 272 g/mol. The summed E-state index contributed by atoms with van der Waals surface area (Å²) in [6, 6.07) is 11.5. The molecular formula is C15H16N2OS. The molecule has 0 saturated carbocycles. The van der Waals surface area contributed by atoms with E-state index in [1.54, 1.807) is 24.0 Å². The van der Waals surface area contributed by atoms with E-state index in [1.807, 2.05) is 37.3 Å². The Morgan fingerprint density at radius 3 is 2.53 bits per heavy atom. The molecule has 1 amide bonds. The molecule has 1 aromatic carbocycles. The lowest BCUT2D eigenvalue weighted by Crippen LogP contribution is -2.12. The normalized spacial score (nSPS) is 10.2. The van der Waals surface area contributed by atoms with Crippen LogP contribution in [0.3, 0.4) is 0 Å². The molecule has 2 aromatic rings. The first-order valence-corrected chi connectivity index (χ1v) is 7.40. The zero-order chi connectivity index (χ0) is 13.7. The van der Waals surface area contributed by atoms with Gasteiger partial charge in [0.2, 0.25) is 0 Å². The van der Waals surface area contributed by atoms with Gasteiger partial charge in [0.25, 0.3) is 5.91 Å². The van der Waals surface area contributed by atoms with Gasteiger partial charge in [-0.2, -0.15) is 11.8 Å². The summed E-state index contributed by atoms with van der Waals surface area (Å²) in [4.78, 5) is 16.1. The third-order valence-electron chi connectivity index (χ3n) is 2.70. The number of hydrogen-bond acceptors (Lipinski definition) is 3. The van der Waals surface area contributed by atoms with Gasteiger partial charge in [-0.15, -0.1) is 0 Å². The van der Waals surface area contributed by atoms with E-state index in [9.17, 15) is 4.79 Å². The van der Waals surface area contributed by atoms with Gasteiger partial charge in [0, 0.05) is 23.3 Å². The molecule has 4 heteroatoms. The summed E-state index contributed by atoms with van der Waals surface area (Å²) in [7, 11) is 0. The number of rotatable bonds is 4. The molecule has 0 aliphatic carbocycles. The Labute approximate surface area is 117 Å². The number of carbonyl (C=O) groups is 1. The molecule has 0 radical (unpaired) electrons. The van der Waals surface area contributed by atoms with Crippen LogP contribution in [0.4, 0.5) is 5.69 Å². The second-order valence-electron chi connectivity index (χ2n) is 4.27. The maximum absolute atomic E-state index is 12.0. The van der Waals surface area contributed by atoms with Gasteiger partial charge in [0.1, 0.15) is 0 Å². The van der Waals surface area contributed by atoms with Crippen molar-refractivity contribution in [2.75, 3.05) is 11.6 Å². The highest BCUT2D eigenvalue weighted by atomic mass is 32.2. The number of hydrogen-bond donors (Lipinski definition) is 1. The molecule has 1 aromatic heterocycles. The van der Waals surface area contributed by atoms with E-state index >= 15 is 0 Å². The van der Waals surface area contributed by atoms with Crippen molar-refractivity contribution in [2.24, 2.45) is 0 Å². The third kappa shape index (κ3) is 3.83. The van der Waals surface area contributed by atoms with Crippen LogP contribution in [0.15, 0.2) is 42.6 Å². The highest BCUT2D eigenvalue weighted by molar-refractivity contribution is 7.97. The van der Waals surface area contributed by atoms with Gasteiger partial charge in [0.15, 0.2) is 0 Å². The van der Waals surface area contributed by atoms with Crippen LogP contribution in [0.1, 0.15) is 21.6 Å². The van der Waals surface area contributed by atoms with Crippen LogP contribution in [0.25, 0.3) is 0 Å². The van der Waals surface area contributed by atoms with Gasteiger partial charge in [0.05, 0.1) is 5.56 Å². The SMILES string of the molecule is CSCc1ccc(NC(=O)c2ccc(C)nc2)cc1. The standard InChI is InChI=1S/C15H16N2OS/c1-11-3-6-13(9-16-11)15(18)17-14-7-4-12(5-8-14)10-19-2/h3-9H,10H2,1-2H3,(H,17,18). The summed E-state index contributed by atoms with van der Waals surface area (Å²) in [5.74, 6) is 0.848. The van der Waals surface area contributed by atoms with Crippen LogP contribution in [-0.2, 0) is 5.75 Å². The number of nitrogens with zero attached hydrogens (tertiary/aromatic N) is 1. The molecule has 0 aliphatic rings. The van der Waals surface area contributed by atoms with Gasteiger partial charge in [-0.05, 0) is 43.0 Å². The predicted octanol–water partition coefficient (Wildman–Crippen LogP) is 3.51. The largest absolute Gasteiger partial charge is 0.322 e. The number of nitrogens with one attached hydrogen (secondary N) is 1. The number of amides is 1. The van der Waals surface area contributed by atoms with Gasteiger partial charge in [-0.3, -0.25) is 9.78 Å². The zero-order valence-corrected chi connectivity index (χ0v) is 11.8. The minimum Gasteiger partial charge on any atom is -0.322 e. The minimum absolute atomic E-state index is 0.134. The Balaban J connectivity index is 2.04. The zero-order valence-electron chi connectivity index (χ0n) is 11.0. The molecule has 0 spiro atoms. The first-order chi connectivity index (χ1) is 9.19. The van der Waals surface area contributed by atoms with Crippen LogP contribution in [0, 0.1) is 6.92 Å². The molecule has 3 nitrogen and oxygen atoms in total. The summed E-state index contributed by atoms with van der Waals surface area (Å²) in [6.07, 6.45) is 3.66. The van der Waals surface area contributed by atoms with Crippen molar-refractivity contribution in [3.05, 3.63) is 59.4 Å². The quantitative estimate of drug-likeness (QED) is 0.926. The van der Waals surface area contributed by atoms with Crippen molar-refractivity contribution in [3.63, 3.8) is 0 Å². The van der Waals surface area contributed by atoms with E-state index < -0.39 is 0 Å². The van der Waals surface area contributed by atoms with E-state index in [-0.39, 0.29) is 5.91 Å². The van der Waals surface area contributed by atoms with Crippen LogP contribution < -0.4 is 5.32 Å². The summed E-state index contributed by atoms with van der Waals surface area (Å²) in [5.41, 5.74) is 3.52. The van der Waals surface area contributed by atoms with Gasteiger partial charge in [-0.1, -0.05) is 12.1 Å². The molecule has 0 aliphatic heterocycles. The number of thioether (sulfide) groups is 1. The Hall–Kier alpha value is -1.81. The third-order valence-corrected chi connectivity index (χ3v) is 3.32. The van der Waals surface area contributed by atoms with E-state index in [2.05, 4.69) is 16.6 Å². The van der Waals surface area contributed by atoms with E-state index in [4.69, 9.17) is 0 Å². The number of carbonyl (C=O) groups excluding carboxylic acids is 1. The number of pyridine rings is 1. The first-order valence-electron chi connectivity index (χ1n) is 6.01. The summed E-state index contributed by atoms with van der Waals surface area (Å²) in [6.45, 7) is 1.89. The molecule has 0 saturated heterocycles. The molecular weight excluding hydrogens is 256 g/mol. The Bertz CT molecular complexity index is 549. The van der Waals surface area contributed by atoms with E-state index in [1.165, 1.54) is 5.56 Å². The van der Waals surface area contributed by atoms with Crippen molar-refractivity contribution in [1.29, 1.82) is 0 Å². The molecule has 2 rings (SSSR count). The van der Waals surface area contributed by atoms with Gasteiger partial charge < -0.3 is 5.32 Å². The summed E-state index contributed by atoms with van der Waals surface area (Å²) in [5, 5.41) is 2.86. The molecule has 0 unspecified atom stereocenters. The van der Waals surface area contributed by atoms with Crippen molar-refractivity contribution in [3.8, 4) is 0 Å². The molecule has 98 valence electrons. The van der Waals surface area contributed by atoms with Crippen LogP contribution in [0.5, 0.6) is 0 Å². The van der Waals surface area contributed by atoms with Gasteiger partial charge >= 0.3 is 0 Å². The molecule has 0 bridgehead atoms. The van der Waals surface area contributed by atoms with Crippen molar-refractivity contribution < 1.29 is 4.79 Å². The highest BCUT2D eigenvalue weighted by Crippen LogP contribution is 2.14. The number of anilines is 1. The van der Waals surface area contributed by atoms with Crippen LogP contribution >= 0.6 is 11.8 Å². The minimum atomic E-state index is -0.134. The van der Waals surface area contributed by atoms with Gasteiger partial charge in [-0.25, -0.2) is 0 Å². The average molecular weight is 272 g/mol. The maximum atomic E-state index is 12.0. The fourth-order valence-corrected chi connectivity index (χ4v) is 2.18. The maximum Gasteiger partial charge on any atom is 0.257 e. The Morgan fingerprint density at radius 1 is 1.21 bits per heavy atom. The Kier molecular flexibility index (Phi) is 4.58. The fraction of sp³-hybridized carbons (Fsp3) is 0.200. The molecule has 19 heavy (non-hydrogen) atoms. The Morgan fingerprint density at radius 2 is 1.95 bits per heavy atom. The molecule has 0 fully saturated rings. The number of aromatic nitrogens is 1. The first kappa shape index (κ1) is 13.6. The fourth-order valence-electron chi connectivity index (χ4n) is 1.66. The smallest absolute Gasteiger partial charge is 0.257 e. The topological polar surface area (TPSA) is 42.0 Å². The average Bonchev–Trinajstić information content (AvgIpc) is 2.42. The van der Waals surface area contributed by atoms with Crippen molar-refractivity contribution in [1.82, 2.24) is 4.98 Å². The van der Waals surface area contributed by atoms with Crippen molar-refractivity contribution in [2.45, 2.75) is 12.7 Å². The van der Waals surface area contributed by atoms with Crippen molar-refractivity contribution >= 4 is 23.4 Å². The lowest BCUT2D eigenvalue weighted by Gasteiger charge is -2.06. The molecule has 1 N–H and O–H groups in total. The lowest BCUT2D eigenvalue weighted by atomic mass is 10.2. The van der Waals surface area contributed by atoms with E-state index in [0.29, 0.717) is 5.56 Å². The second kappa shape index (κ2) is 6.38. The number of aryl methyl sites for hydroxylation is 1. The molecule has 0 atom stereocenters. The highest BCUT2D eigenvalue weighted by Gasteiger charge is 2.06. The van der Waals surface area contributed by atoms with Crippen LogP contribution in [0.2, 0.25) is 0 Å². The number of benzene rings is 1. The lowest BCUT2D eigenvalue weighted by molar-refractivity contribution is 0.102. The predicted molar refractivity (Wildman–Crippen MR) is 80.6 cm³/mol.